The van der Waals surface area contributed by atoms with Crippen LogP contribution in [0, 0.1) is 28.9 Å². The Balaban J connectivity index is 1.68. The molecule has 0 spiro atoms. The van der Waals surface area contributed by atoms with Crippen LogP contribution in [-0.4, -0.2) is 31.7 Å². The van der Waals surface area contributed by atoms with Crippen LogP contribution < -0.4 is 10.4 Å². The van der Waals surface area contributed by atoms with Gasteiger partial charge in [-0.05, 0) is 25.0 Å². The first kappa shape index (κ1) is 17.1. The number of rotatable bonds is 3. The van der Waals surface area contributed by atoms with Gasteiger partial charge in [-0.1, -0.05) is 17.6 Å². The van der Waals surface area contributed by atoms with E-state index in [0.29, 0.717) is 31.5 Å². The van der Waals surface area contributed by atoms with E-state index in [4.69, 9.17) is 13.1 Å². The van der Waals surface area contributed by atoms with Gasteiger partial charge in [-0.25, -0.2) is 13.8 Å². The molecule has 0 unspecified atom stereocenters. The van der Waals surface area contributed by atoms with Crippen LogP contribution in [-0.2, 0) is 0 Å². The Morgan fingerprint density at radius 1 is 1.24 bits per heavy atom. The first-order valence-electron chi connectivity index (χ1n) is 7.89. The van der Waals surface area contributed by atoms with Gasteiger partial charge in [-0.15, -0.1) is 0 Å². The number of halogens is 2. The molecule has 7 heteroatoms. The lowest BCUT2D eigenvalue weighted by atomic mass is 9.87. The van der Waals surface area contributed by atoms with Gasteiger partial charge >= 0.3 is 0 Å². The number of aromatic nitrogens is 1. The third-order valence-corrected chi connectivity index (χ3v) is 4.40. The maximum atomic E-state index is 14.0. The summed E-state index contributed by atoms with van der Waals surface area (Å²) in [6.45, 7) is 0.924. The molecule has 2 aromatic rings. The summed E-state index contributed by atoms with van der Waals surface area (Å²) < 4.78 is 27.6. The third-order valence-electron chi connectivity index (χ3n) is 4.40. The van der Waals surface area contributed by atoms with Crippen molar-refractivity contribution in [2.24, 2.45) is 5.92 Å². The number of benzene rings is 1. The maximum absolute atomic E-state index is 14.0. The molecule has 2 heterocycles. The number of carbonyl (C=O) groups excluding carboxylic acids is 1. The van der Waals surface area contributed by atoms with Gasteiger partial charge < -0.3 is 4.90 Å². The number of anilines is 1. The zero-order valence-electron chi connectivity index (χ0n) is 13.4. The first-order valence-corrected chi connectivity index (χ1v) is 7.89. The van der Waals surface area contributed by atoms with Crippen molar-refractivity contribution < 1.29 is 13.6 Å². The fraction of sp³-hybridized carbons (Fsp3) is 0.278. The Kier molecular flexibility index (Phi) is 4.80. The summed E-state index contributed by atoms with van der Waals surface area (Å²) >= 11 is 0. The van der Waals surface area contributed by atoms with Crippen molar-refractivity contribution in [1.29, 1.82) is 5.26 Å². The van der Waals surface area contributed by atoms with Gasteiger partial charge in [0, 0.05) is 30.8 Å². The molecule has 0 atom stereocenters. The van der Waals surface area contributed by atoms with Gasteiger partial charge in [0.15, 0.2) is 17.4 Å². The third kappa shape index (κ3) is 3.53. The molecule has 1 aromatic heterocycles. The zero-order chi connectivity index (χ0) is 18.0. The summed E-state index contributed by atoms with van der Waals surface area (Å²) in [6, 6.07) is 7.05. The molecule has 0 bridgehead atoms. The van der Waals surface area contributed by atoms with Crippen molar-refractivity contribution in [1.82, 2.24) is 4.98 Å². The van der Waals surface area contributed by atoms with Crippen molar-refractivity contribution >= 4 is 24.9 Å². The van der Waals surface area contributed by atoms with Gasteiger partial charge in [0.1, 0.15) is 19.7 Å². The van der Waals surface area contributed by atoms with Crippen LogP contribution in [0.1, 0.15) is 28.8 Å². The second-order valence-corrected chi connectivity index (χ2v) is 6.00. The van der Waals surface area contributed by atoms with Crippen molar-refractivity contribution in [3.05, 3.63) is 53.2 Å². The standard InChI is InChI=1S/C18H14BF2N3O/c19-14-2-1-13(8-15(14)20)17(25)12-3-5-24(6-4-12)18-16(21)7-11(9-22)10-23-18/h1-2,7-8,10,12H,3-6H2. The Morgan fingerprint density at radius 3 is 2.56 bits per heavy atom. The quantitative estimate of drug-likeness (QED) is 0.636. The Labute approximate surface area is 145 Å². The Morgan fingerprint density at radius 2 is 1.96 bits per heavy atom. The van der Waals surface area contributed by atoms with E-state index in [0.717, 1.165) is 12.1 Å². The number of piperidine rings is 1. The van der Waals surface area contributed by atoms with Crippen LogP contribution in [0.15, 0.2) is 30.5 Å². The highest BCUT2D eigenvalue weighted by Crippen LogP contribution is 2.26. The van der Waals surface area contributed by atoms with Crippen LogP contribution in [0.4, 0.5) is 14.6 Å². The summed E-state index contributed by atoms with van der Waals surface area (Å²) in [4.78, 5) is 18.3. The maximum Gasteiger partial charge on any atom is 0.166 e. The second kappa shape index (κ2) is 7.02. The van der Waals surface area contributed by atoms with E-state index in [2.05, 4.69) is 4.98 Å². The number of nitrogens with zero attached hydrogens (tertiary/aromatic N) is 3. The second-order valence-electron chi connectivity index (χ2n) is 6.00. The van der Waals surface area contributed by atoms with Crippen LogP contribution in [0.5, 0.6) is 0 Å². The Hall–Kier alpha value is -2.75. The topological polar surface area (TPSA) is 57.0 Å². The van der Waals surface area contributed by atoms with E-state index < -0.39 is 11.6 Å². The highest BCUT2D eigenvalue weighted by molar-refractivity contribution is 6.32. The fourth-order valence-electron chi connectivity index (χ4n) is 2.99. The molecule has 25 heavy (non-hydrogen) atoms. The van der Waals surface area contributed by atoms with E-state index in [1.54, 1.807) is 4.90 Å². The summed E-state index contributed by atoms with van der Waals surface area (Å²) in [5.74, 6) is -1.35. The van der Waals surface area contributed by atoms with Crippen molar-refractivity contribution in [3.8, 4) is 6.07 Å². The van der Waals surface area contributed by atoms with E-state index in [1.165, 1.54) is 18.3 Å². The van der Waals surface area contributed by atoms with Gasteiger partial charge in [0.2, 0.25) is 0 Å². The molecule has 1 aliphatic heterocycles. The number of Topliss-reactive ketones (excluding diaryl/α,β-unsaturated/α-hetero) is 1. The molecular weight excluding hydrogens is 323 g/mol. The lowest BCUT2D eigenvalue weighted by Gasteiger charge is -2.32. The molecule has 1 saturated heterocycles. The summed E-state index contributed by atoms with van der Waals surface area (Å²) in [7, 11) is 5.43. The SMILES string of the molecule is [B]c1ccc(C(=O)C2CCN(c3ncc(C#N)cc3F)CC2)cc1F. The van der Waals surface area contributed by atoms with Crippen LogP contribution >= 0.6 is 0 Å². The number of pyridine rings is 1. The average Bonchev–Trinajstić information content (AvgIpc) is 2.63. The molecule has 0 amide bonds. The van der Waals surface area contributed by atoms with E-state index >= 15 is 0 Å². The monoisotopic (exact) mass is 337 g/mol. The molecule has 0 aliphatic carbocycles. The number of carbonyl (C=O) groups is 1. The number of ketones is 1. The van der Waals surface area contributed by atoms with Crippen molar-refractivity contribution in [3.63, 3.8) is 0 Å². The highest BCUT2D eigenvalue weighted by atomic mass is 19.1. The van der Waals surface area contributed by atoms with E-state index in [9.17, 15) is 13.6 Å². The molecule has 124 valence electrons. The molecular formula is C18H14BF2N3O. The lowest BCUT2D eigenvalue weighted by Crippen LogP contribution is -2.37. The van der Waals surface area contributed by atoms with Crippen molar-refractivity contribution in [2.45, 2.75) is 12.8 Å². The summed E-state index contributed by atoms with van der Waals surface area (Å²) in [5, 5.41) is 8.76. The summed E-state index contributed by atoms with van der Waals surface area (Å²) in [6.07, 6.45) is 2.37. The van der Waals surface area contributed by atoms with E-state index in [-0.39, 0.29) is 28.5 Å². The summed E-state index contributed by atoms with van der Waals surface area (Å²) in [5.41, 5.74) is 0.471. The molecule has 1 aliphatic rings. The predicted octanol–water partition coefficient (Wildman–Crippen LogP) is 2.12. The minimum Gasteiger partial charge on any atom is -0.354 e. The number of nitriles is 1. The largest absolute Gasteiger partial charge is 0.354 e. The fourth-order valence-corrected chi connectivity index (χ4v) is 2.99. The minimum absolute atomic E-state index is 0.00809. The van der Waals surface area contributed by atoms with Gasteiger partial charge in [0.05, 0.1) is 5.56 Å². The van der Waals surface area contributed by atoms with Gasteiger partial charge in [0.25, 0.3) is 0 Å². The molecule has 0 saturated carbocycles. The molecule has 1 aromatic carbocycles. The molecule has 1 fully saturated rings. The van der Waals surface area contributed by atoms with Crippen LogP contribution in [0.25, 0.3) is 0 Å². The molecule has 4 nitrogen and oxygen atoms in total. The van der Waals surface area contributed by atoms with Crippen LogP contribution in [0.2, 0.25) is 0 Å². The first-order chi connectivity index (χ1) is 12.0. The van der Waals surface area contributed by atoms with E-state index in [1.807, 2.05) is 6.07 Å². The zero-order valence-corrected chi connectivity index (χ0v) is 13.4. The molecule has 2 radical (unpaired) electrons. The number of hydrogen-bond acceptors (Lipinski definition) is 4. The van der Waals surface area contributed by atoms with Gasteiger partial charge in [-0.2, -0.15) is 5.26 Å². The predicted molar refractivity (Wildman–Crippen MR) is 90.0 cm³/mol. The normalized spacial score (nSPS) is 15.0. The molecule has 3 rings (SSSR count). The Bertz CT molecular complexity index is 858. The average molecular weight is 337 g/mol. The minimum atomic E-state index is -0.605. The number of hydrogen-bond donors (Lipinski definition) is 0. The lowest BCUT2D eigenvalue weighted by molar-refractivity contribution is 0.0900. The van der Waals surface area contributed by atoms with Crippen LogP contribution in [0.3, 0.4) is 0 Å². The van der Waals surface area contributed by atoms with Crippen molar-refractivity contribution in [2.75, 3.05) is 18.0 Å². The van der Waals surface area contributed by atoms with Gasteiger partial charge in [-0.3, -0.25) is 4.79 Å². The highest BCUT2D eigenvalue weighted by Gasteiger charge is 2.27. The smallest absolute Gasteiger partial charge is 0.166 e. The molecule has 0 N–H and O–H groups in total.